The molecule has 0 unspecified atom stereocenters. The fraction of sp³-hybridized carbons (Fsp3) is 0.968. The van der Waals surface area contributed by atoms with Crippen LogP contribution in [0, 0.1) is 35.0 Å². The lowest BCUT2D eigenvalue weighted by molar-refractivity contribution is -0.0597. The molecule has 6 aliphatic carbocycles. The molecule has 34 heavy (non-hydrogen) atoms. The van der Waals surface area contributed by atoms with Gasteiger partial charge >= 0.3 is 0 Å². The van der Waals surface area contributed by atoms with Crippen LogP contribution in [0.4, 0.5) is 0 Å². The molecule has 0 aromatic heterocycles. The van der Waals surface area contributed by atoms with E-state index < -0.39 is 0 Å². The van der Waals surface area contributed by atoms with Gasteiger partial charge in [-0.25, -0.2) is 0 Å². The normalized spacial score (nSPS) is 42.5. The first-order valence-electron chi connectivity index (χ1n) is 15.8. The van der Waals surface area contributed by atoms with Crippen molar-refractivity contribution in [1.29, 1.82) is 0 Å². The van der Waals surface area contributed by atoms with Crippen molar-refractivity contribution in [1.82, 2.24) is 9.80 Å². The van der Waals surface area contributed by atoms with Gasteiger partial charge in [-0.3, -0.25) is 4.99 Å². The maximum absolute atomic E-state index is 5.30. The average Bonchev–Trinajstić information content (AvgIpc) is 3.37. The topological polar surface area (TPSA) is 18.8 Å². The summed E-state index contributed by atoms with van der Waals surface area (Å²) in [5, 5.41) is 0. The average molecular weight is 466 g/mol. The van der Waals surface area contributed by atoms with Crippen molar-refractivity contribution in [3.05, 3.63) is 0 Å². The summed E-state index contributed by atoms with van der Waals surface area (Å²) in [6, 6.07) is 1.47. The van der Waals surface area contributed by atoms with Gasteiger partial charge in [-0.1, -0.05) is 64.2 Å². The number of guanidine groups is 1. The molecule has 4 bridgehead atoms. The van der Waals surface area contributed by atoms with Crippen molar-refractivity contribution in [3.8, 4) is 0 Å². The molecule has 0 radical (unpaired) electrons. The molecule has 0 N–H and O–H groups in total. The highest BCUT2D eigenvalue weighted by molar-refractivity contribution is 5.84. The highest BCUT2D eigenvalue weighted by Crippen LogP contribution is 2.61. The largest absolute Gasteiger partial charge is 0.338 e. The molecule has 3 heteroatoms. The fourth-order valence-electron chi connectivity index (χ4n) is 10.8. The number of rotatable bonds is 7. The summed E-state index contributed by atoms with van der Waals surface area (Å²) >= 11 is 0. The van der Waals surface area contributed by atoms with Crippen LogP contribution in [0.25, 0.3) is 0 Å². The van der Waals surface area contributed by atoms with E-state index >= 15 is 0 Å². The number of hydrogen-bond donors (Lipinski definition) is 0. The zero-order chi connectivity index (χ0) is 22.5. The highest BCUT2D eigenvalue weighted by atomic mass is 15.5. The zero-order valence-corrected chi connectivity index (χ0v) is 21.9. The van der Waals surface area contributed by atoms with Crippen LogP contribution in [-0.4, -0.2) is 47.5 Å². The van der Waals surface area contributed by atoms with Gasteiger partial charge in [0.25, 0.3) is 0 Å². The molecule has 1 saturated heterocycles. The third kappa shape index (κ3) is 4.34. The van der Waals surface area contributed by atoms with E-state index in [1.165, 1.54) is 103 Å². The number of fused-ring (bicyclic) bond motifs is 1. The third-order valence-corrected chi connectivity index (χ3v) is 12.0. The van der Waals surface area contributed by atoms with Crippen LogP contribution >= 0.6 is 0 Å². The van der Waals surface area contributed by atoms with Crippen molar-refractivity contribution in [3.63, 3.8) is 0 Å². The maximum atomic E-state index is 5.30. The molecule has 2 aliphatic heterocycles. The Morgan fingerprint density at radius 3 is 1.85 bits per heavy atom. The van der Waals surface area contributed by atoms with E-state index in [1.54, 1.807) is 38.5 Å². The van der Waals surface area contributed by atoms with Crippen LogP contribution in [-0.2, 0) is 0 Å². The molecular weight excluding hydrogens is 414 g/mol. The van der Waals surface area contributed by atoms with Gasteiger partial charge in [-0.2, -0.15) is 0 Å². The molecule has 8 aliphatic rings. The smallest absolute Gasteiger partial charge is 0.197 e. The Balaban J connectivity index is 1.05. The first-order valence-corrected chi connectivity index (χ1v) is 15.8. The Bertz CT molecular complexity index is 710. The highest BCUT2D eigenvalue weighted by Gasteiger charge is 2.51. The van der Waals surface area contributed by atoms with E-state index in [4.69, 9.17) is 4.99 Å². The summed E-state index contributed by atoms with van der Waals surface area (Å²) in [5.41, 5.74) is 0.707. The quantitative estimate of drug-likeness (QED) is 0.394. The van der Waals surface area contributed by atoms with Crippen LogP contribution in [0.5, 0.6) is 0 Å². The summed E-state index contributed by atoms with van der Waals surface area (Å²) < 4.78 is 0. The SMILES string of the molecule is C1CCC(C[C@H]2CN3C(=NC[C@H]3CC3CCCCC3)N2CCC23CC4CC(CC(C4)C2)C3)CC1. The van der Waals surface area contributed by atoms with Crippen molar-refractivity contribution in [2.75, 3.05) is 19.6 Å². The van der Waals surface area contributed by atoms with Gasteiger partial charge in [0.1, 0.15) is 0 Å². The molecule has 8 rings (SSSR count). The van der Waals surface area contributed by atoms with E-state index in [0.717, 1.165) is 48.2 Å². The summed E-state index contributed by atoms with van der Waals surface area (Å²) in [6.45, 7) is 3.71. The Hall–Kier alpha value is -0.730. The second-order valence-electron chi connectivity index (χ2n) is 14.4. The lowest BCUT2D eigenvalue weighted by Gasteiger charge is -2.57. The van der Waals surface area contributed by atoms with Crippen LogP contribution in [0.15, 0.2) is 4.99 Å². The first-order chi connectivity index (χ1) is 16.7. The predicted octanol–water partition coefficient (Wildman–Crippen LogP) is 7.26. The Kier molecular flexibility index (Phi) is 6.14. The molecule has 3 nitrogen and oxygen atoms in total. The zero-order valence-electron chi connectivity index (χ0n) is 21.9. The molecule has 6 saturated carbocycles. The second kappa shape index (κ2) is 9.29. The van der Waals surface area contributed by atoms with E-state index in [-0.39, 0.29) is 0 Å². The molecular formula is C31H51N3. The lowest BCUT2D eigenvalue weighted by atomic mass is 9.49. The minimum Gasteiger partial charge on any atom is -0.338 e. The van der Waals surface area contributed by atoms with Gasteiger partial charge < -0.3 is 9.80 Å². The molecule has 0 amide bonds. The van der Waals surface area contributed by atoms with Crippen molar-refractivity contribution >= 4 is 5.96 Å². The second-order valence-corrected chi connectivity index (χ2v) is 14.4. The van der Waals surface area contributed by atoms with Gasteiger partial charge in [0.2, 0.25) is 0 Å². The summed E-state index contributed by atoms with van der Waals surface area (Å²) in [4.78, 5) is 11.0. The number of hydrogen-bond acceptors (Lipinski definition) is 3. The standard InChI is InChI=1S/C31H51N3/c1-3-7-23(8-4-1)16-28-21-32-30-33(29(22-34(28)30)17-24-9-5-2-6-10-24)12-11-31-18-25-13-26(19-31)15-27(14-25)20-31/h23-29H,1-22H2/t25?,26?,27?,28-,29+,31?/m1/s1. The van der Waals surface area contributed by atoms with E-state index in [9.17, 15) is 0 Å². The van der Waals surface area contributed by atoms with E-state index in [1.807, 2.05) is 0 Å². The molecule has 2 heterocycles. The van der Waals surface area contributed by atoms with E-state index in [0.29, 0.717) is 5.41 Å². The summed E-state index contributed by atoms with van der Waals surface area (Å²) in [7, 11) is 0. The van der Waals surface area contributed by atoms with Crippen molar-refractivity contribution < 1.29 is 0 Å². The van der Waals surface area contributed by atoms with Gasteiger partial charge in [-0.05, 0) is 92.8 Å². The monoisotopic (exact) mass is 465 g/mol. The summed E-state index contributed by atoms with van der Waals surface area (Å²) in [5.74, 6) is 6.67. The van der Waals surface area contributed by atoms with Crippen LogP contribution in [0.1, 0.15) is 122 Å². The number of aliphatic imine (C=N–C) groups is 1. The Morgan fingerprint density at radius 2 is 1.26 bits per heavy atom. The molecule has 2 atom stereocenters. The minimum atomic E-state index is 0.707. The third-order valence-electron chi connectivity index (χ3n) is 12.0. The fourth-order valence-corrected chi connectivity index (χ4v) is 10.8. The van der Waals surface area contributed by atoms with Crippen LogP contribution in [0.3, 0.4) is 0 Å². The molecule has 0 aromatic rings. The van der Waals surface area contributed by atoms with Crippen LogP contribution in [0.2, 0.25) is 0 Å². The Morgan fingerprint density at radius 1 is 0.706 bits per heavy atom. The van der Waals surface area contributed by atoms with Gasteiger partial charge in [0, 0.05) is 19.1 Å². The van der Waals surface area contributed by atoms with Crippen LogP contribution < -0.4 is 0 Å². The minimum absolute atomic E-state index is 0.707. The predicted molar refractivity (Wildman–Crippen MR) is 141 cm³/mol. The van der Waals surface area contributed by atoms with E-state index in [2.05, 4.69) is 9.80 Å². The lowest BCUT2D eigenvalue weighted by Crippen LogP contribution is -2.48. The van der Waals surface area contributed by atoms with Gasteiger partial charge in [-0.15, -0.1) is 0 Å². The first kappa shape index (κ1) is 22.5. The molecule has 190 valence electrons. The van der Waals surface area contributed by atoms with Gasteiger partial charge in [0.15, 0.2) is 5.96 Å². The molecule has 7 fully saturated rings. The maximum Gasteiger partial charge on any atom is 0.197 e. The van der Waals surface area contributed by atoms with Gasteiger partial charge in [0.05, 0.1) is 12.6 Å². The molecule has 0 aromatic carbocycles. The van der Waals surface area contributed by atoms with Crippen molar-refractivity contribution in [2.45, 2.75) is 134 Å². The van der Waals surface area contributed by atoms with Crippen molar-refractivity contribution in [2.24, 2.45) is 40.0 Å². The number of nitrogens with zero attached hydrogens (tertiary/aromatic N) is 3. The summed E-state index contributed by atoms with van der Waals surface area (Å²) in [6.07, 6.45) is 28.7. The molecule has 0 spiro atoms. The Labute approximate surface area is 209 Å².